The van der Waals surface area contributed by atoms with Crippen LogP contribution in [0, 0.1) is 0 Å². The molecule has 0 atom stereocenters. The summed E-state index contributed by atoms with van der Waals surface area (Å²) in [6, 6.07) is 4.05. The average Bonchev–Trinajstić information content (AvgIpc) is 2.98. The molecule has 0 fully saturated rings. The predicted molar refractivity (Wildman–Crippen MR) is 74.0 cm³/mol. The van der Waals surface area contributed by atoms with Gasteiger partial charge in [-0.3, -0.25) is 4.68 Å². The quantitative estimate of drug-likeness (QED) is 0.937. The van der Waals surface area contributed by atoms with E-state index in [1.807, 2.05) is 31.6 Å². The molecule has 1 N–H and O–H groups in total. The molecule has 0 unspecified atom stereocenters. The Morgan fingerprint density at radius 2 is 2.16 bits per heavy atom. The molecule has 0 radical (unpaired) electrons. The van der Waals surface area contributed by atoms with Gasteiger partial charge in [0.1, 0.15) is 0 Å². The van der Waals surface area contributed by atoms with Crippen molar-refractivity contribution in [2.24, 2.45) is 7.05 Å². The minimum atomic E-state index is 0.292. The van der Waals surface area contributed by atoms with Gasteiger partial charge in [0.25, 0.3) is 0 Å². The molecule has 1 aromatic carbocycles. The lowest BCUT2D eigenvalue weighted by molar-refractivity contribution is 0.173. The third-order valence-electron chi connectivity index (χ3n) is 2.90. The van der Waals surface area contributed by atoms with E-state index in [4.69, 9.17) is 9.47 Å². The van der Waals surface area contributed by atoms with Crippen LogP contribution in [0.3, 0.4) is 0 Å². The Morgan fingerprint density at radius 1 is 1.32 bits per heavy atom. The summed E-state index contributed by atoms with van der Waals surface area (Å²) >= 11 is 3.49. The van der Waals surface area contributed by atoms with Gasteiger partial charge in [0.15, 0.2) is 11.5 Å². The predicted octanol–water partition coefficient (Wildman–Crippen LogP) is 2.20. The van der Waals surface area contributed by atoms with Crippen LogP contribution < -0.4 is 14.8 Å². The topological polar surface area (TPSA) is 48.3 Å². The first-order valence-corrected chi connectivity index (χ1v) is 6.78. The van der Waals surface area contributed by atoms with Crippen molar-refractivity contribution < 1.29 is 9.47 Å². The molecule has 6 heteroatoms. The van der Waals surface area contributed by atoms with Crippen molar-refractivity contribution in [3.8, 4) is 11.5 Å². The maximum Gasteiger partial charge on any atom is 0.231 e. The number of nitrogens with zero attached hydrogens (tertiary/aromatic N) is 2. The van der Waals surface area contributed by atoms with E-state index in [0.717, 1.165) is 34.6 Å². The highest BCUT2D eigenvalue weighted by atomic mass is 79.9. The molecule has 2 heterocycles. The lowest BCUT2D eigenvalue weighted by atomic mass is 10.2. The number of hydrogen-bond donors (Lipinski definition) is 1. The summed E-state index contributed by atoms with van der Waals surface area (Å²) in [6.07, 6.45) is 3.87. The second kappa shape index (κ2) is 5.22. The van der Waals surface area contributed by atoms with Crippen molar-refractivity contribution in [3.05, 3.63) is 40.1 Å². The van der Waals surface area contributed by atoms with Crippen LogP contribution in [0.15, 0.2) is 29.0 Å². The van der Waals surface area contributed by atoms with Crippen molar-refractivity contribution in [2.45, 2.75) is 13.1 Å². The molecule has 0 aliphatic carbocycles. The van der Waals surface area contributed by atoms with Crippen LogP contribution in [-0.2, 0) is 20.1 Å². The lowest BCUT2D eigenvalue weighted by Crippen LogP contribution is -2.12. The highest BCUT2D eigenvalue weighted by Crippen LogP contribution is 2.39. The Morgan fingerprint density at radius 3 is 2.95 bits per heavy atom. The molecule has 1 aromatic heterocycles. The zero-order chi connectivity index (χ0) is 13.2. The minimum Gasteiger partial charge on any atom is -0.454 e. The molecule has 5 nitrogen and oxygen atoms in total. The molecular formula is C13H14BrN3O2. The summed E-state index contributed by atoms with van der Waals surface area (Å²) < 4.78 is 13.5. The summed E-state index contributed by atoms with van der Waals surface area (Å²) in [6.45, 7) is 1.85. The smallest absolute Gasteiger partial charge is 0.231 e. The molecule has 1 aliphatic heterocycles. The van der Waals surface area contributed by atoms with Crippen LogP contribution in [0.4, 0.5) is 0 Å². The van der Waals surface area contributed by atoms with Crippen LogP contribution in [0.25, 0.3) is 0 Å². The third kappa shape index (κ3) is 2.74. The van der Waals surface area contributed by atoms with Gasteiger partial charge in [-0.05, 0) is 33.6 Å². The second-order valence-electron chi connectivity index (χ2n) is 4.44. The van der Waals surface area contributed by atoms with Gasteiger partial charge < -0.3 is 14.8 Å². The van der Waals surface area contributed by atoms with Gasteiger partial charge in [-0.1, -0.05) is 0 Å². The normalized spacial score (nSPS) is 12.9. The highest BCUT2D eigenvalue weighted by molar-refractivity contribution is 9.10. The summed E-state index contributed by atoms with van der Waals surface area (Å²) in [5.41, 5.74) is 2.32. The van der Waals surface area contributed by atoms with Gasteiger partial charge in [-0.15, -0.1) is 0 Å². The molecule has 0 spiro atoms. The van der Waals surface area contributed by atoms with Crippen molar-refractivity contribution in [1.29, 1.82) is 0 Å². The molecule has 1 aliphatic rings. The number of aryl methyl sites for hydroxylation is 1. The van der Waals surface area contributed by atoms with E-state index in [9.17, 15) is 0 Å². The number of aromatic nitrogens is 2. The maximum absolute atomic E-state index is 5.39. The van der Waals surface area contributed by atoms with Crippen LogP contribution in [0.1, 0.15) is 11.1 Å². The van der Waals surface area contributed by atoms with Gasteiger partial charge in [-0.25, -0.2) is 0 Å². The van der Waals surface area contributed by atoms with Crippen LogP contribution in [-0.4, -0.2) is 16.6 Å². The van der Waals surface area contributed by atoms with E-state index in [2.05, 4.69) is 26.3 Å². The highest BCUT2D eigenvalue weighted by Gasteiger charge is 2.17. The van der Waals surface area contributed by atoms with Crippen molar-refractivity contribution in [2.75, 3.05) is 6.79 Å². The molecular weight excluding hydrogens is 310 g/mol. The zero-order valence-electron chi connectivity index (χ0n) is 10.5. The molecule has 0 saturated heterocycles. The Balaban J connectivity index is 1.63. The minimum absolute atomic E-state index is 0.292. The second-order valence-corrected chi connectivity index (χ2v) is 5.29. The Bertz CT molecular complexity index is 598. The van der Waals surface area contributed by atoms with Gasteiger partial charge in [0.2, 0.25) is 6.79 Å². The molecule has 19 heavy (non-hydrogen) atoms. The number of rotatable bonds is 4. The van der Waals surface area contributed by atoms with Gasteiger partial charge in [0.05, 0.1) is 10.7 Å². The van der Waals surface area contributed by atoms with Gasteiger partial charge in [-0.2, -0.15) is 5.10 Å². The first-order chi connectivity index (χ1) is 9.22. The molecule has 0 saturated carbocycles. The molecule has 3 rings (SSSR count). The first-order valence-electron chi connectivity index (χ1n) is 5.98. The molecule has 2 aromatic rings. The standard InChI is InChI=1S/C13H14BrN3O2/c1-17-7-10(6-16-17)5-15-4-9-2-11(14)13-12(3-9)18-8-19-13/h2-3,6-7,15H,4-5,8H2,1H3. The summed E-state index contributed by atoms with van der Waals surface area (Å²) in [4.78, 5) is 0. The molecule has 0 bridgehead atoms. The molecule has 100 valence electrons. The number of benzene rings is 1. The summed E-state index contributed by atoms with van der Waals surface area (Å²) in [5, 5.41) is 7.52. The Kier molecular flexibility index (Phi) is 3.44. The van der Waals surface area contributed by atoms with Crippen LogP contribution in [0.5, 0.6) is 11.5 Å². The fourth-order valence-electron chi connectivity index (χ4n) is 2.04. The number of fused-ring (bicyclic) bond motifs is 1. The largest absolute Gasteiger partial charge is 0.454 e. The fraction of sp³-hybridized carbons (Fsp3) is 0.308. The Labute approximate surface area is 119 Å². The lowest BCUT2D eigenvalue weighted by Gasteiger charge is -2.06. The van der Waals surface area contributed by atoms with Crippen molar-refractivity contribution in [3.63, 3.8) is 0 Å². The van der Waals surface area contributed by atoms with E-state index in [0.29, 0.717) is 6.79 Å². The van der Waals surface area contributed by atoms with E-state index >= 15 is 0 Å². The summed E-state index contributed by atoms with van der Waals surface area (Å²) in [5.74, 6) is 1.59. The summed E-state index contributed by atoms with van der Waals surface area (Å²) in [7, 11) is 1.92. The Hall–Kier alpha value is -1.53. The number of halogens is 1. The maximum atomic E-state index is 5.39. The van der Waals surface area contributed by atoms with E-state index in [1.165, 1.54) is 5.56 Å². The average molecular weight is 324 g/mol. The van der Waals surface area contributed by atoms with Crippen molar-refractivity contribution >= 4 is 15.9 Å². The number of nitrogens with one attached hydrogen (secondary N) is 1. The number of ether oxygens (including phenoxy) is 2. The zero-order valence-corrected chi connectivity index (χ0v) is 12.1. The van der Waals surface area contributed by atoms with E-state index < -0.39 is 0 Å². The fourth-order valence-corrected chi connectivity index (χ4v) is 2.64. The third-order valence-corrected chi connectivity index (χ3v) is 3.49. The van der Waals surface area contributed by atoms with Crippen LogP contribution >= 0.6 is 15.9 Å². The SMILES string of the molecule is Cn1cc(CNCc2cc(Br)c3c(c2)OCO3)cn1. The first kappa shape index (κ1) is 12.5. The number of hydrogen-bond acceptors (Lipinski definition) is 4. The van der Waals surface area contributed by atoms with E-state index in [-0.39, 0.29) is 0 Å². The molecule has 0 amide bonds. The van der Waals surface area contributed by atoms with Gasteiger partial charge in [0, 0.05) is 31.9 Å². The monoisotopic (exact) mass is 323 g/mol. The van der Waals surface area contributed by atoms with Gasteiger partial charge >= 0.3 is 0 Å². The van der Waals surface area contributed by atoms with E-state index in [1.54, 1.807) is 4.68 Å². The van der Waals surface area contributed by atoms with Crippen LogP contribution in [0.2, 0.25) is 0 Å². The van der Waals surface area contributed by atoms with Crippen molar-refractivity contribution in [1.82, 2.24) is 15.1 Å².